The van der Waals surface area contributed by atoms with E-state index in [1.807, 2.05) is 20.8 Å². The summed E-state index contributed by atoms with van der Waals surface area (Å²) in [5.74, 6) is -0.989. The molecule has 1 rings (SSSR count). The van der Waals surface area contributed by atoms with Crippen LogP contribution in [0.4, 0.5) is 5.69 Å². The molecular weight excluding hydrogens is 284 g/mol. The van der Waals surface area contributed by atoms with Gasteiger partial charge in [-0.1, -0.05) is 6.07 Å². The first-order valence-electron chi connectivity index (χ1n) is 7.01. The summed E-state index contributed by atoms with van der Waals surface area (Å²) in [6.07, 6.45) is 0. The maximum atomic E-state index is 12.1. The fourth-order valence-corrected chi connectivity index (χ4v) is 1.74. The van der Waals surface area contributed by atoms with Gasteiger partial charge in [0.15, 0.2) is 0 Å². The second-order valence-electron chi connectivity index (χ2n) is 5.19. The maximum Gasteiger partial charge on any atom is 0.251 e. The van der Waals surface area contributed by atoms with Crippen LogP contribution in [0.1, 0.15) is 29.8 Å². The highest BCUT2D eigenvalue weighted by atomic mass is 16.2. The van der Waals surface area contributed by atoms with Gasteiger partial charge in [-0.05, 0) is 38.5 Å². The van der Waals surface area contributed by atoms with E-state index in [0.29, 0.717) is 11.3 Å². The summed E-state index contributed by atoms with van der Waals surface area (Å²) >= 11 is 0. The number of carbonyl (C=O) groups is 3. The number of aryl methyl sites for hydroxylation is 1. The molecule has 0 radical (unpaired) electrons. The van der Waals surface area contributed by atoms with Crippen LogP contribution < -0.4 is 21.7 Å². The molecule has 0 heterocycles. The van der Waals surface area contributed by atoms with Gasteiger partial charge in [0.05, 0.1) is 13.1 Å². The molecule has 22 heavy (non-hydrogen) atoms. The molecule has 120 valence electrons. The number of rotatable bonds is 6. The lowest BCUT2D eigenvalue weighted by Gasteiger charge is -2.12. The zero-order valence-electron chi connectivity index (χ0n) is 13.0. The summed E-state index contributed by atoms with van der Waals surface area (Å²) in [5.41, 5.74) is 6.93. The molecule has 0 saturated carbocycles. The van der Waals surface area contributed by atoms with Crippen LogP contribution in [-0.4, -0.2) is 36.9 Å². The molecule has 1 aromatic carbocycles. The Labute approximate surface area is 129 Å². The monoisotopic (exact) mass is 306 g/mol. The van der Waals surface area contributed by atoms with Gasteiger partial charge in [-0.15, -0.1) is 0 Å². The molecule has 0 aliphatic heterocycles. The Morgan fingerprint density at radius 2 is 1.86 bits per heavy atom. The molecule has 0 aliphatic carbocycles. The van der Waals surface area contributed by atoms with Crippen LogP contribution in [0.2, 0.25) is 0 Å². The Morgan fingerprint density at radius 1 is 1.18 bits per heavy atom. The van der Waals surface area contributed by atoms with Crippen molar-refractivity contribution in [2.75, 3.05) is 18.4 Å². The first kappa shape index (κ1) is 17.6. The standard InChI is InChI=1S/C15H22N4O3/c1-9(2)18-15(22)12-6-11(5-4-10(12)3)19-14(21)8-17-13(20)7-16/h4-6,9H,7-8,16H2,1-3H3,(H,17,20)(H,18,22)(H,19,21). The number of carbonyl (C=O) groups excluding carboxylic acids is 3. The average molecular weight is 306 g/mol. The lowest BCUT2D eigenvalue weighted by Crippen LogP contribution is -2.36. The van der Waals surface area contributed by atoms with Crippen LogP contribution in [0, 0.1) is 6.92 Å². The summed E-state index contributed by atoms with van der Waals surface area (Å²) in [4.78, 5) is 34.8. The lowest BCUT2D eigenvalue weighted by molar-refractivity contribution is -0.123. The minimum absolute atomic E-state index is 0.0247. The third kappa shape index (κ3) is 5.53. The Hall–Kier alpha value is -2.41. The molecule has 3 amide bonds. The van der Waals surface area contributed by atoms with Crippen molar-refractivity contribution in [1.82, 2.24) is 10.6 Å². The van der Waals surface area contributed by atoms with Crippen LogP contribution in [0.5, 0.6) is 0 Å². The van der Waals surface area contributed by atoms with Crippen LogP contribution in [-0.2, 0) is 9.59 Å². The predicted octanol–water partition coefficient (Wildman–Crippen LogP) is 0.147. The highest BCUT2D eigenvalue weighted by Crippen LogP contribution is 2.15. The number of nitrogens with one attached hydrogen (secondary N) is 3. The SMILES string of the molecule is Cc1ccc(NC(=O)CNC(=O)CN)cc1C(=O)NC(C)C. The molecule has 0 atom stereocenters. The fraction of sp³-hybridized carbons (Fsp3) is 0.400. The van der Waals surface area contributed by atoms with Gasteiger partial charge in [-0.3, -0.25) is 14.4 Å². The van der Waals surface area contributed by atoms with Crippen LogP contribution >= 0.6 is 0 Å². The van der Waals surface area contributed by atoms with E-state index in [9.17, 15) is 14.4 Å². The van der Waals surface area contributed by atoms with Crippen molar-refractivity contribution in [2.45, 2.75) is 26.8 Å². The molecule has 0 saturated heterocycles. The summed E-state index contributed by atoms with van der Waals surface area (Å²) in [5, 5.41) is 7.80. The molecule has 1 aromatic rings. The van der Waals surface area contributed by atoms with Crippen molar-refractivity contribution in [2.24, 2.45) is 5.73 Å². The smallest absolute Gasteiger partial charge is 0.251 e. The van der Waals surface area contributed by atoms with Gasteiger partial charge < -0.3 is 21.7 Å². The summed E-state index contributed by atoms with van der Waals surface area (Å²) < 4.78 is 0. The second kappa shape index (κ2) is 8.14. The van der Waals surface area contributed by atoms with E-state index in [1.54, 1.807) is 18.2 Å². The Kier molecular flexibility index (Phi) is 6.52. The van der Waals surface area contributed by atoms with Crippen molar-refractivity contribution in [1.29, 1.82) is 0 Å². The second-order valence-corrected chi connectivity index (χ2v) is 5.19. The quantitative estimate of drug-likeness (QED) is 0.599. The van der Waals surface area contributed by atoms with E-state index in [0.717, 1.165) is 5.56 Å². The van der Waals surface area contributed by atoms with Crippen molar-refractivity contribution in [3.8, 4) is 0 Å². The van der Waals surface area contributed by atoms with Gasteiger partial charge in [-0.2, -0.15) is 0 Å². The minimum Gasteiger partial charge on any atom is -0.350 e. The number of benzene rings is 1. The van der Waals surface area contributed by atoms with Crippen LogP contribution in [0.25, 0.3) is 0 Å². The molecule has 7 heteroatoms. The van der Waals surface area contributed by atoms with Gasteiger partial charge in [0.1, 0.15) is 0 Å². The zero-order valence-corrected chi connectivity index (χ0v) is 13.0. The summed E-state index contributed by atoms with van der Waals surface area (Å²) in [7, 11) is 0. The Bertz CT molecular complexity index is 570. The topological polar surface area (TPSA) is 113 Å². The fourth-order valence-electron chi connectivity index (χ4n) is 1.74. The van der Waals surface area contributed by atoms with Gasteiger partial charge in [0.2, 0.25) is 11.8 Å². The van der Waals surface area contributed by atoms with Gasteiger partial charge in [0.25, 0.3) is 5.91 Å². The first-order chi connectivity index (χ1) is 10.3. The van der Waals surface area contributed by atoms with E-state index in [4.69, 9.17) is 5.73 Å². The van der Waals surface area contributed by atoms with E-state index < -0.39 is 5.91 Å². The van der Waals surface area contributed by atoms with E-state index in [1.165, 1.54) is 0 Å². The largest absolute Gasteiger partial charge is 0.350 e. The van der Waals surface area contributed by atoms with Gasteiger partial charge >= 0.3 is 0 Å². The molecule has 0 bridgehead atoms. The van der Waals surface area contributed by atoms with Crippen molar-refractivity contribution >= 4 is 23.4 Å². The number of hydrogen-bond acceptors (Lipinski definition) is 4. The van der Waals surface area contributed by atoms with Crippen LogP contribution in [0.3, 0.4) is 0 Å². The minimum atomic E-state index is -0.406. The molecule has 7 nitrogen and oxygen atoms in total. The number of nitrogens with two attached hydrogens (primary N) is 1. The maximum absolute atomic E-state index is 12.1. The highest BCUT2D eigenvalue weighted by Gasteiger charge is 2.12. The molecular formula is C15H22N4O3. The molecule has 0 unspecified atom stereocenters. The average Bonchev–Trinajstić information content (AvgIpc) is 2.45. The molecule has 5 N–H and O–H groups in total. The third-order valence-corrected chi connectivity index (χ3v) is 2.82. The highest BCUT2D eigenvalue weighted by molar-refractivity contribution is 5.99. The zero-order chi connectivity index (χ0) is 16.7. The van der Waals surface area contributed by atoms with Crippen molar-refractivity contribution in [3.05, 3.63) is 29.3 Å². The Balaban J connectivity index is 2.74. The van der Waals surface area contributed by atoms with Gasteiger partial charge in [-0.25, -0.2) is 0 Å². The van der Waals surface area contributed by atoms with E-state index >= 15 is 0 Å². The van der Waals surface area contributed by atoms with Crippen LogP contribution in [0.15, 0.2) is 18.2 Å². The summed E-state index contributed by atoms with van der Waals surface area (Å²) in [6, 6.07) is 5.08. The molecule has 0 aliphatic rings. The molecule has 0 spiro atoms. The predicted molar refractivity (Wildman–Crippen MR) is 84.5 cm³/mol. The van der Waals surface area contributed by atoms with E-state index in [-0.39, 0.29) is 30.9 Å². The normalized spacial score (nSPS) is 10.2. The van der Waals surface area contributed by atoms with E-state index in [2.05, 4.69) is 16.0 Å². The number of anilines is 1. The van der Waals surface area contributed by atoms with Crippen molar-refractivity contribution in [3.63, 3.8) is 0 Å². The Morgan fingerprint density at radius 3 is 2.45 bits per heavy atom. The molecule has 0 fully saturated rings. The van der Waals surface area contributed by atoms with Crippen molar-refractivity contribution < 1.29 is 14.4 Å². The summed E-state index contributed by atoms with van der Waals surface area (Å²) in [6.45, 7) is 5.23. The molecule has 0 aromatic heterocycles. The number of hydrogen-bond donors (Lipinski definition) is 4. The lowest BCUT2D eigenvalue weighted by atomic mass is 10.1. The first-order valence-corrected chi connectivity index (χ1v) is 7.01. The van der Waals surface area contributed by atoms with Gasteiger partial charge in [0, 0.05) is 17.3 Å². The number of amides is 3. The third-order valence-electron chi connectivity index (χ3n) is 2.82.